The van der Waals surface area contributed by atoms with Crippen LogP contribution in [0.1, 0.15) is 49.1 Å². The quantitative estimate of drug-likeness (QED) is 0.699. The Bertz CT molecular complexity index is 964. The Morgan fingerprint density at radius 3 is 2.64 bits per heavy atom. The van der Waals surface area contributed by atoms with Gasteiger partial charge < -0.3 is 10.1 Å². The van der Waals surface area contributed by atoms with E-state index in [1.54, 1.807) is 11.3 Å². The number of thiophene rings is 1. The second-order valence-electron chi connectivity index (χ2n) is 6.84. The normalized spacial score (nSPS) is 16.6. The van der Waals surface area contributed by atoms with Crippen LogP contribution in [0.5, 0.6) is 0 Å². The first kappa shape index (κ1) is 19.9. The van der Waals surface area contributed by atoms with Crippen LogP contribution in [-0.2, 0) is 16.0 Å². The number of esters is 1. The molecule has 0 aliphatic carbocycles. The van der Waals surface area contributed by atoms with Crippen molar-refractivity contribution in [1.82, 2.24) is 5.32 Å². The molecule has 0 saturated heterocycles. The van der Waals surface area contributed by atoms with Gasteiger partial charge in [-0.1, -0.05) is 37.3 Å². The predicted octanol–water partition coefficient (Wildman–Crippen LogP) is 5.05. The van der Waals surface area contributed by atoms with Gasteiger partial charge in [0.2, 0.25) is 0 Å². The van der Waals surface area contributed by atoms with Gasteiger partial charge in [0.1, 0.15) is 0 Å². The van der Waals surface area contributed by atoms with Crippen molar-refractivity contribution >= 4 is 17.3 Å². The first-order valence-electron chi connectivity index (χ1n) is 9.42. The van der Waals surface area contributed by atoms with Gasteiger partial charge in [-0.05, 0) is 42.8 Å². The standard InChI is InChI=1S/C23H24N2O2S/c1-4-11-27-23(26)21-16(3)25-15(2)19(14-24)22(21)18-10-12-28-20(18)13-17-8-6-5-7-9-17/h5-10,12,22,25H,4,11,13H2,1-3H3. The minimum Gasteiger partial charge on any atom is -0.462 e. The fourth-order valence-corrected chi connectivity index (χ4v) is 4.48. The van der Waals surface area contributed by atoms with Gasteiger partial charge in [-0.15, -0.1) is 11.3 Å². The van der Waals surface area contributed by atoms with Gasteiger partial charge in [0, 0.05) is 22.7 Å². The van der Waals surface area contributed by atoms with Crippen LogP contribution >= 0.6 is 11.3 Å². The number of nitrogens with zero attached hydrogens (tertiary/aromatic N) is 1. The van der Waals surface area contributed by atoms with Crippen LogP contribution in [0, 0.1) is 11.3 Å². The summed E-state index contributed by atoms with van der Waals surface area (Å²) in [5.74, 6) is -0.755. The Labute approximate surface area is 170 Å². The maximum absolute atomic E-state index is 12.9. The van der Waals surface area contributed by atoms with Crippen molar-refractivity contribution in [3.8, 4) is 6.07 Å². The Morgan fingerprint density at radius 1 is 1.21 bits per heavy atom. The third-order valence-electron chi connectivity index (χ3n) is 4.84. The molecule has 4 nitrogen and oxygen atoms in total. The molecule has 1 aromatic heterocycles. The zero-order chi connectivity index (χ0) is 20.1. The maximum atomic E-state index is 12.9. The van der Waals surface area contributed by atoms with E-state index in [4.69, 9.17) is 4.74 Å². The topological polar surface area (TPSA) is 62.1 Å². The average molecular weight is 393 g/mol. The average Bonchev–Trinajstić information content (AvgIpc) is 3.14. The number of hydrogen-bond donors (Lipinski definition) is 1. The second-order valence-corrected chi connectivity index (χ2v) is 7.85. The molecule has 0 bridgehead atoms. The Morgan fingerprint density at radius 2 is 1.96 bits per heavy atom. The highest BCUT2D eigenvalue weighted by Gasteiger charge is 2.35. The smallest absolute Gasteiger partial charge is 0.336 e. The number of carbonyl (C=O) groups is 1. The zero-order valence-electron chi connectivity index (χ0n) is 16.4. The van der Waals surface area contributed by atoms with E-state index in [-0.39, 0.29) is 5.97 Å². The second kappa shape index (κ2) is 8.90. The fourth-order valence-electron chi connectivity index (χ4n) is 3.53. The lowest BCUT2D eigenvalue weighted by molar-refractivity contribution is -0.139. The predicted molar refractivity (Wildman–Crippen MR) is 112 cm³/mol. The summed E-state index contributed by atoms with van der Waals surface area (Å²) in [5.41, 5.74) is 4.85. The minimum atomic E-state index is -0.402. The Hall–Kier alpha value is -2.84. The van der Waals surface area contributed by atoms with Crippen LogP contribution in [0.15, 0.2) is 64.3 Å². The summed E-state index contributed by atoms with van der Waals surface area (Å²) in [6.45, 7) is 6.09. The van der Waals surface area contributed by atoms with Gasteiger partial charge in [-0.2, -0.15) is 5.26 Å². The largest absolute Gasteiger partial charge is 0.462 e. The number of carbonyl (C=O) groups excluding carboxylic acids is 1. The molecule has 1 aliphatic rings. The van der Waals surface area contributed by atoms with Gasteiger partial charge in [0.05, 0.1) is 29.7 Å². The van der Waals surface area contributed by atoms with E-state index >= 15 is 0 Å². The van der Waals surface area contributed by atoms with Crippen molar-refractivity contribution in [2.75, 3.05) is 6.61 Å². The molecule has 1 aliphatic heterocycles. The highest BCUT2D eigenvalue weighted by Crippen LogP contribution is 2.41. The summed E-state index contributed by atoms with van der Waals surface area (Å²) < 4.78 is 5.45. The molecule has 1 N–H and O–H groups in total. The third kappa shape index (κ3) is 4.02. The van der Waals surface area contributed by atoms with Gasteiger partial charge >= 0.3 is 5.97 Å². The van der Waals surface area contributed by atoms with Gasteiger partial charge in [-0.25, -0.2) is 4.79 Å². The summed E-state index contributed by atoms with van der Waals surface area (Å²) in [7, 11) is 0. The van der Waals surface area contributed by atoms with E-state index in [1.807, 2.05) is 50.4 Å². The van der Waals surface area contributed by atoms with Crippen LogP contribution in [0.4, 0.5) is 0 Å². The SMILES string of the molecule is CCCOC(=O)C1=C(C)NC(C)=C(C#N)C1c1ccsc1Cc1ccccc1. The number of nitriles is 1. The lowest BCUT2D eigenvalue weighted by atomic mass is 9.80. The van der Waals surface area contributed by atoms with Crippen molar-refractivity contribution in [3.05, 3.63) is 80.3 Å². The van der Waals surface area contributed by atoms with Crippen molar-refractivity contribution in [2.24, 2.45) is 0 Å². The maximum Gasteiger partial charge on any atom is 0.336 e. The molecule has 0 fully saturated rings. The van der Waals surface area contributed by atoms with Crippen molar-refractivity contribution in [1.29, 1.82) is 5.26 Å². The summed E-state index contributed by atoms with van der Waals surface area (Å²) >= 11 is 1.66. The number of allylic oxidation sites excluding steroid dienone is 3. The lowest BCUT2D eigenvalue weighted by Crippen LogP contribution is -2.29. The molecule has 1 unspecified atom stereocenters. The van der Waals surface area contributed by atoms with E-state index in [2.05, 4.69) is 23.5 Å². The molecule has 1 atom stereocenters. The fraction of sp³-hybridized carbons (Fsp3) is 0.304. The van der Waals surface area contributed by atoms with Gasteiger partial charge in [0.25, 0.3) is 0 Å². The monoisotopic (exact) mass is 392 g/mol. The molecule has 0 amide bonds. The highest BCUT2D eigenvalue weighted by atomic mass is 32.1. The summed E-state index contributed by atoms with van der Waals surface area (Å²) in [4.78, 5) is 14.0. The molecule has 0 radical (unpaired) electrons. The number of ether oxygens (including phenoxy) is 1. The van der Waals surface area contributed by atoms with Gasteiger partial charge in [0.15, 0.2) is 0 Å². The van der Waals surface area contributed by atoms with Crippen molar-refractivity contribution < 1.29 is 9.53 Å². The number of nitrogens with one attached hydrogen (secondary N) is 1. The lowest BCUT2D eigenvalue weighted by Gasteiger charge is -2.28. The summed E-state index contributed by atoms with van der Waals surface area (Å²) in [5, 5.41) is 15.1. The first-order chi connectivity index (χ1) is 13.6. The molecule has 144 valence electrons. The van der Waals surface area contributed by atoms with Crippen molar-refractivity contribution in [2.45, 2.75) is 39.5 Å². The van der Waals surface area contributed by atoms with Crippen LogP contribution < -0.4 is 5.32 Å². The molecule has 0 saturated carbocycles. The van der Waals surface area contributed by atoms with Crippen LogP contribution in [0.3, 0.4) is 0 Å². The van der Waals surface area contributed by atoms with E-state index < -0.39 is 5.92 Å². The molecule has 28 heavy (non-hydrogen) atoms. The first-order valence-corrected chi connectivity index (χ1v) is 10.3. The number of rotatable bonds is 6. The summed E-state index contributed by atoms with van der Waals surface area (Å²) in [6.07, 6.45) is 1.53. The molecular formula is C23H24N2O2S. The van der Waals surface area contributed by atoms with Crippen molar-refractivity contribution in [3.63, 3.8) is 0 Å². The van der Waals surface area contributed by atoms with E-state index in [0.717, 1.165) is 34.7 Å². The Balaban J connectivity index is 2.05. The molecule has 2 heterocycles. The molecule has 0 spiro atoms. The summed E-state index contributed by atoms with van der Waals surface area (Å²) in [6, 6.07) is 14.6. The molecular weight excluding hydrogens is 368 g/mol. The van der Waals surface area contributed by atoms with E-state index in [9.17, 15) is 10.1 Å². The minimum absolute atomic E-state index is 0.353. The number of dihydropyridines is 1. The zero-order valence-corrected chi connectivity index (χ0v) is 17.2. The van der Waals surface area contributed by atoms with Crippen LogP contribution in [0.2, 0.25) is 0 Å². The van der Waals surface area contributed by atoms with Crippen LogP contribution in [-0.4, -0.2) is 12.6 Å². The number of hydrogen-bond acceptors (Lipinski definition) is 5. The highest BCUT2D eigenvalue weighted by molar-refractivity contribution is 7.10. The molecule has 5 heteroatoms. The molecule has 1 aromatic carbocycles. The third-order valence-corrected chi connectivity index (χ3v) is 5.77. The van der Waals surface area contributed by atoms with Crippen LogP contribution in [0.25, 0.3) is 0 Å². The van der Waals surface area contributed by atoms with Gasteiger partial charge in [-0.3, -0.25) is 0 Å². The van der Waals surface area contributed by atoms with E-state index in [0.29, 0.717) is 17.8 Å². The molecule has 3 rings (SSSR count). The Kier molecular flexibility index (Phi) is 6.33. The van der Waals surface area contributed by atoms with E-state index in [1.165, 1.54) is 5.56 Å². The molecule has 2 aromatic rings. The number of benzene rings is 1.